The van der Waals surface area contributed by atoms with Crippen LogP contribution < -0.4 is 5.32 Å². The fourth-order valence-electron chi connectivity index (χ4n) is 3.34. The van der Waals surface area contributed by atoms with Gasteiger partial charge in [0.05, 0.1) is 0 Å². The number of carbonyl (C=O) groups excluding carboxylic acids is 2. The summed E-state index contributed by atoms with van der Waals surface area (Å²) in [6.07, 6.45) is 1.58. The molecule has 0 aromatic heterocycles. The summed E-state index contributed by atoms with van der Waals surface area (Å²) in [5.74, 6) is -0.355. The lowest BCUT2D eigenvalue weighted by Gasteiger charge is -2.28. The highest BCUT2D eigenvalue weighted by molar-refractivity contribution is 6.04. The van der Waals surface area contributed by atoms with Crippen LogP contribution in [0.15, 0.2) is 42.5 Å². The van der Waals surface area contributed by atoms with Crippen molar-refractivity contribution in [1.29, 1.82) is 0 Å². The molecular weight excluding hydrogens is 312 g/mol. The van der Waals surface area contributed by atoms with E-state index < -0.39 is 0 Å². The average molecular weight is 336 g/mol. The molecule has 0 bridgehead atoms. The van der Waals surface area contributed by atoms with Crippen molar-refractivity contribution in [3.05, 3.63) is 64.7 Å². The van der Waals surface area contributed by atoms with Gasteiger partial charge in [-0.3, -0.25) is 9.59 Å². The van der Waals surface area contributed by atoms with E-state index in [-0.39, 0.29) is 18.2 Å². The first-order valence-corrected chi connectivity index (χ1v) is 8.81. The van der Waals surface area contributed by atoms with Crippen LogP contribution in [0.5, 0.6) is 0 Å². The van der Waals surface area contributed by atoms with Crippen LogP contribution in [0.4, 0.5) is 5.69 Å². The summed E-state index contributed by atoms with van der Waals surface area (Å²) in [5.41, 5.74) is 5.42. The minimum absolute atomic E-state index is 0.111. The van der Waals surface area contributed by atoms with Crippen LogP contribution in [0.25, 0.3) is 0 Å². The van der Waals surface area contributed by atoms with Crippen molar-refractivity contribution in [2.75, 3.05) is 11.9 Å². The van der Waals surface area contributed by atoms with Gasteiger partial charge in [-0.15, -0.1) is 0 Å². The maximum Gasteiger partial charge on any atom is 0.233 e. The molecule has 0 spiro atoms. The number of nitrogens with one attached hydrogen (secondary N) is 1. The number of aryl methyl sites for hydroxylation is 2. The number of nitrogens with zero attached hydrogens (tertiary/aromatic N) is 1. The van der Waals surface area contributed by atoms with Crippen LogP contribution >= 0.6 is 0 Å². The van der Waals surface area contributed by atoms with Gasteiger partial charge in [0, 0.05) is 18.8 Å². The molecule has 4 nitrogen and oxygen atoms in total. The van der Waals surface area contributed by atoms with E-state index >= 15 is 0 Å². The molecule has 0 saturated carbocycles. The Kier molecular flexibility index (Phi) is 5.17. The van der Waals surface area contributed by atoms with E-state index in [1.54, 1.807) is 4.90 Å². The van der Waals surface area contributed by atoms with E-state index in [1.165, 1.54) is 11.1 Å². The molecule has 1 aliphatic rings. The number of hydrogen-bond donors (Lipinski definition) is 1. The summed E-state index contributed by atoms with van der Waals surface area (Å²) in [6.45, 7) is 5.29. The zero-order valence-corrected chi connectivity index (χ0v) is 14.8. The van der Waals surface area contributed by atoms with Crippen molar-refractivity contribution >= 4 is 17.5 Å². The van der Waals surface area contributed by atoms with Gasteiger partial charge in [0.25, 0.3) is 0 Å². The summed E-state index contributed by atoms with van der Waals surface area (Å²) in [7, 11) is 0. The molecule has 4 heteroatoms. The van der Waals surface area contributed by atoms with Gasteiger partial charge < -0.3 is 10.2 Å². The standard InChI is InChI=1S/C21H24N2O2/c1-3-16-10-6-7-15(2)21(16)22-19(24)13-20(25)23-12-11-17-8-4-5-9-18(17)14-23/h4-10H,3,11-14H2,1-2H3,(H,22,24). The zero-order chi connectivity index (χ0) is 17.8. The third-order valence-corrected chi connectivity index (χ3v) is 4.80. The first kappa shape index (κ1) is 17.2. The molecule has 1 heterocycles. The van der Waals surface area contributed by atoms with Gasteiger partial charge in [-0.1, -0.05) is 49.4 Å². The first-order valence-electron chi connectivity index (χ1n) is 8.81. The summed E-state index contributed by atoms with van der Waals surface area (Å²) in [6, 6.07) is 14.1. The fourth-order valence-corrected chi connectivity index (χ4v) is 3.34. The van der Waals surface area contributed by atoms with Crippen molar-refractivity contribution in [2.45, 2.75) is 39.7 Å². The summed E-state index contributed by atoms with van der Waals surface area (Å²) < 4.78 is 0. The van der Waals surface area contributed by atoms with Gasteiger partial charge >= 0.3 is 0 Å². The van der Waals surface area contributed by atoms with Crippen LogP contribution in [0.3, 0.4) is 0 Å². The van der Waals surface area contributed by atoms with Gasteiger partial charge in [0.2, 0.25) is 11.8 Å². The highest BCUT2D eigenvalue weighted by Gasteiger charge is 2.22. The summed E-state index contributed by atoms with van der Waals surface area (Å²) in [4.78, 5) is 26.7. The topological polar surface area (TPSA) is 49.4 Å². The minimum atomic E-state index is -0.243. The van der Waals surface area contributed by atoms with E-state index in [2.05, 4.69) is 24.4 Å². The third-order valence-electron chi connectivity index (χ3n) is 4.80. The van der Waals surface area contributed by atoms with Crippen LogP contribution in [0.2, 0.25) is 0 Å². The second-order valence-electron chi connectivity index (χ2n) is 6.52. The molecule has 0 aliphatic carbocycles. The van der Waals surface area contributed by atoms with E-state index in [0.29, 0.717) is 13.1 Å². The molecule has 25 heavy (non-hydrogen) atoms. The van der Waals surface area contributed by atoms with Gasteiger partial charge in [-0.05, 0) is 42.0 Å². The van der Waals surface area contributed by atoms with Crippen LogP contribution in [0, 0.1) is 6.92 Å². The fraction of sp³-hybridized carbons (Fsp3) is 0.333. The molecule has 1 N–H and O–H groups in total. The predicted molar refractivity (Wildman–Crippen MR) is 99.4 cm³/mol. The molecular formula is C21H24N2O2. The molecule has 0 unspecified atom stereocenters. The quantitative estimate of drug-likeness (QED) is 0.869. The van der Waals surface area contributed by atoms with Crippen molar-refractivity contribution in [1.82, 2.24) is 4.90 Å². The van der Waals surface area contributed by atoms with Gasteiger partial charge in [-0.2, -0.15) is 0 Å². The van der Waals surface area contributed by atoms with E-state index in [4.69, 9.17) is 0 Å². The van der Waals surface area contributed by atoms with E-state index in [9.17, 15) is 9.59 Å². The number of amides is 2. The number of hydrogen-bond acceptors (Lipinski definition) is 2. The van der Waals surface area contributed by atoms with Crippen LogP contribution in [-0.4, -0.2) is 23.3 Å². The first-order chi connectivity index (χ1) is 12.1. The maximum absolute atomic E-state index is 12.5. The monoisotopic (exact) mass is 336 g/mol. The highest BCUT2D eigenvalue weighted by atomic mass is 16.2. The summed E-state index contributed by atoms with van der Waals surface area (Å²) >= 11 is 0. The number of para-hydroxylation sites is 1. The molecule has 130 valence electrons. The van der Waals surface area contributed by atoms with E-state index in [0.717, 1.165) is 29.7 Å². The molecule has 3 rings (SSSR count). The number of benzene rings is 2. The smallest absolute Gasteiger partial charge is 0.233 e. The number of rotatable bonds is 4. The molecule has 2 amide bonds. The minimum Gasteiger partial charge on any atom is -0.338 e. The summed E-state index contributed by atoms with van der Waals surface area (Å²) in [5, 5.41) is 2.93. The van der Waals surface area contributed by atoms with Crippen molar-refractivity contribution < 1.29 is 9.59 Å². The van der Waals surface area contributed by atoms with Crippen LogP contribution in [-0.2, 0) is 29.0 Å². The number of fused-ring (bicyclic) bond motifs is 1. The lowest BCUT2D eigenvalue weighted by atomic mass is 10.00. The average Bonchev–Trinajstić information content (AvgIpc) is 2.62. The molecule has 2 aromatic carbocycles. The number of carbonyl (C=O) groups is 2. The van der Waals surface area contributed by atoms with Gasteiger partial charge in [-0.25, -0.2) is 0 Å². The van der Waals surface area contributed by atoms with E-state index in [1.807, 2.05) is 37.3 Å². The third kappa shape index (κ3) is 3.90. The Morgan fingerprint density at radius 1 is 1.08 bits per heavy atom. The molecule has 0 atom stereocenters. The molecule has 2 aromatic rings. The Morgan fingerprint density at radius 3 is 2.60 bits per heavy atom. The predicted octanol–water partition coefficient (Wildman–Crippen LogP) is 3.47. The second kappa shape index (κ2) is 7.51. The Morgan fingerprint density at radius 2 is 1.84 bits per heavy atom. The van der Waals surface area contributed by atoms with Crippen molar-refractivity contribution in [2.24, 2.45) is 0 Å². The lowest BCUT2D eigenvalue weighted by molar-refractivity contribution is -0.135. The SMILES string of the molecule is CCc1cccc(C)c1NC(=O)CC(=O)N1CCc2ccccc2C1. The molecule has 0 saturated heterocycles. The highest BCUT2D eigenvalue weighted by Crippen LogP contribution is 2.22. The molecule has 0 fully saturated rings. The second-order valence-corrected chi connectivity index (χ2v) is 6.52. The van der Waals surface area contributed by atoms with Gasteiger partial charge in [0.1, 0.15) is 6.42 Å². The zero-order valence-electron chi connectivity index (χ0n) is 14.8. The normalized spacial score (nSPS) is 13.3. The Hall–Kier alpha value is -2.62. The lowest BCUT2D eigenvalue weighted by Crippen LogP contribution is -2.37. The molecule has 0 radical (unpaired) electrons. The van der Waals surface area contributed by atoms with Crippen molar-refractivity contribution in [3.63, 3.8) is 0 Å². The molecule has 1 aliphatic heterocycles. The van der Waals surface area contributed by atoms with Crippen molar-refractivity contribution in [3.8, 4) is 0 Å². The Labute approximate surface area is 148 Å². The Bertz CT molecular complexity index is 798. The number of anilines is 1. The largest absolute Gasteiger partial charge is 0.338 e. The van der Waals surface area contributed by atoms with Crippen LogP contribution in [0.1, 0.15) is 35.6 Å². The Balaban J connectivity index is 1.63. The van der Waals surface area contributed by atoms with Gasteiger partial charge in [0.15, 0.2) is 0 Å². The maximum atomic E-state index is 12.5.